The number of nitrogens with zero attached hydrogens (tertiary/aromatic N) is 4. The van der Waals surface area contributed by atoms with Crippen molar-refractivity contribution in [2.75, 3.05) is 7.11 Å². The van der Waals surface area contributed by atoms with Gasteiger partial charge in [-0.25, -0.2) is 9.97 Å². The molecule has 0 fully saturated rings. The van der Waals surface area contributed by atoms with Crippen LogP contribution in [-0.2, 0) is 5.75 Å². The van der Waals surface area contributed by atoms with Crippen LogP contribution in [0.2, 0.25) is 0 Å². The van der Waals surface area contributed by atoms with Crippen molar-refractivity contribution in [1.82, 2.24) is 20.1 Å². The number of aromatic nitrogens is 4. The van der Waals surface area contributed by atoms with E-state index in [1.807, 2.05) is 35.7 Å². The molecule has 3 aromatic heterocycles. The van der Waals surface area contributed by atoms with Crippen LogP contribution in [0.25, 0.3) is 21.6 Å². The Hall–Kier alpha value is -2.45. The predicted molar refractivity (Wildman–Crippen MR) is 93.3 cm³/mol. The predicted octanol–water partition coefficient (Wildman–Crippen LogP) is 4.04. The van der Waals surface area contributed by atoms with E-state index in [-0.39, 0.29) is 0 Å². The Balaban J connectivity index is 1.50. The van der Waals surface area contributed by atoms with Gasteiger partial charge >= 0.3 is 0 Å². The van der Waals surface area contributed by atoms with E-state index in [4.69, 9.17) is 9.26 Å². The highest BCUT2D eigenvalue weighted by Gasteiger charge is 2.11. The normalized spacial score (nSPS) is 11.0. The molecule has 4 rings (SSSR count). The van der Waals surface area contributed by atoms with Gasteiger partial charge in [0.15, 0.2) is 0 Å². The van der Waals surface area contributed by atoms with Gasteiger partial charge in [0, 0.05) is 10.9 Å². The number of fused-ring (bicyclic) bond motifs is 1. The summed E-state index contributed by atoms with van der Waals surface area (Å²) in [5, 5.41) is 8.03. The molecule has 0 aliphatic rings. The van der Waals surface area contributed by atoms with Crippen molar-refractivity contribution in [3.63, 3.8) is 0 Å². The maximum absolute atomic E-state index is 5.34. The van der Waals surface area contributed by atoms with E-state index in [0.29, 0.717) is 17.5 Å². The average molecular weight is 356 g/mol. The van der Waals surface area contributed by atoms with Crippen molar-refractivity contribution in [3.8, 4) is 17.1 Å². The summed E-state index contributed by atoms with van der Waals surface area (Å²) in [5.41, 5.74) is 0.887. The van der Waals surface area contributed by atoms with Crippen molar-refractivity contribution in [2.45, 2.75) is 10.8 Å². The molecule has 0 bridgehead atoms. The molecule has 0 saturated carbocycles. The van der Waals surface area contributed by atoms with Gasteiger partial charge in [-0.2, -0.15) is 4.98 Å². The molecular formula is C16H12N4O2S2. The van der Waals surface area contributed by atoms with E-state index in [1.165, 1.54) is 0 Å². The molecule has 24 heavy (non-hydrogen) atoms. The summed E-state index contributed by atoms with van der Waals surface area (Å²) >= 11 is 3.16. The van der Waals surface area contributed by atoms with Crippen molar-refractivity contribution in [3.05, 3.63) is 47.9 Å². The lowest BCUT2D eigenvalue weighted by molar-refractivity contribution is 0.391. The van der Waals surface area contributed by atoms with Crippen LogP contribution in [-0.4, -0.2) is 27.2 Å². The van der Waals surface area contributed by atoms with Crippen LogP contribution in [0, 0.1) is 0 Å². The van der Waals surface area contributed by atoms with E-state index >= 15 is 0 Å². The Morgan fingerprint density at radius 1 is 1.17 bits per heavy atom. The zero-order valence-electron chi connectivity index (χ0n) is 12.7. The number of hydrogen-bond donors (Lipinski definition) is 0. The van der Waals surface area contributed by atoms with Crippen LogP contribution < -0.4 is 4.74 Å². The minimum absolute atomic E-state index is 0.561. The van der Waals surface area contributed by atoms with E-state index in [2.05, 4.69) is 20.1 Å². The topological polar surface area (TPSA) is 73.9 Å². The largest absolute Gasteiger partial charge is 0.497 e. The van der Waals surface area contributed by atoms with Crippen molar-refractivity contribution in [1.29, 1.82) is 0 Å². The molecule has 0 radical (unpaired) electrons. The molecule has 0 atom stereocenters. The summed E-state index contributed by atoms with van der Waals surface area (Å²) in [5.74, 6) is 2.48. The summed E-state index contributed by atoms with van der Waals surface area (Å²) in [7, 11) is 1.64. The third kappa shape index (κ3) is 2.98. The number of ether oxygens (including phenoxy) is 1. The van der Waals surface area contributed by atoms with E-state index < -0.39 is 0 Å². The van der Waals surface area contributed by atoms with E-state index in [9.17, 15) is 0 Å². The molecular weight excluding hydrogens is 344 g/mol. The first-order chi connectivity index (χ1) is 11.8. The molecule has 0 N–H and O–H groups in total. The maximum Gasteiger partial charge on any atom is 0.237 e. The second-order valence-electron chi connectivity index (χ2n) is 4.85. The third-order valence-corrected chi connectivity index (χ3v) is 5.18. The number of methoxy groups -OCH3 is 1. The number of thiophene rings is 1. The van der Waals surface area contributed by atoms with Crippen LogP contribution >= 0.6 is 23.1 Å². The van der Waals surface area contributed by atoms with Crippen molar-refractivity contribution < 1.29 is 9.26 Å². The van der Waals surface area contributed by atoms with Gasteiger partial charge in [-0.1, -0.05) is 16.9 Å². The molecule has 0 saturated heterocycles. The SMILES string of the molecule is COc1ccc(-c2noc(CSc3ncnc4sccc34)n2)cc1. The first kappa shape index (κ1) is 15.1. The molecule has 3 heterocycles. The zero-order chi connectivity index (χ0) is 16.4. The monoisotopic (exact) mass is 356 g/mol. The molecule has 4 aromatic rings. The Kier molecular flexibility index (Phi) is 4.14. The first-order valence-electron chi connectivity index (χ1n) is 7.11. The van der Waals surface area contributed by atoms with Crippen LogP contribution in [0.1, 0.15) is 5.89 Å². The van der Waals surface area contributed by atoms with Gasteiger partial charge in [-0.05, 0) is 35.7 Å². The summed E-state index contributed by atoms with van der Waals surface area (Å²) in [6.45, 7) is 0. The highest BCUT2D eigenvalue weighted by Crippen LogP contribution is 2.30. The van der Waals surface area contributed by atoms with Crippen LogP contribution in [0.15, 0.2) is 51.6 Å². The Bertz CT molecular complexity index is 966. The molecule has 1 aromatic carbocycles. The highest BCUT2D eigenvalue weighted by atomic mass is 32.2. The minimum Gasteiger partial charge on any atom is -0.497 e. The van der Waals surface area contributed by atoms with Gasteiger partial charge in [0.05, 0.1) is 12.9 Å². The lowest BCUT2D eigenvalue weighted by atomic mass is 10.2. The summed E-state index contributed by atoms with van der Waals surface area (Å²) in [6, 6.07) is 9.57. The van der Waals surface area contributed by atoms with Crippen LogP contribution in [0.3, 0.4) is 0 Å². The number of benzene rings is 1. The van der Waals surface area contributed by atoms with Gasteiger partial charge in [0.1, 0.15) is 21.9 Å². The first-order valence-corrected chi connectivity index (χ1v) is 8.98. The average Bonchev–Trinajstić information content (AvgIpc) is 3.29. The number of rotatable bonds is 5. The van der Waals surface area contributed by atoms with Gasteiger partial charge < -0.3 is 9.26 Å². The second-order valence-corrected chi connectivity index (χ2v) is 6.71. The lowest BCUT2D eigenvalue weighted by Crippen LogP contribution is -1.86. The highest BCUT2D eigenvalue weighted by molar-refractivity contribution is 7.98. The summed E-state index contributed by atoms with van der Waals surface area (Å²) in [4.78, 5) is 14.0. The number of hydrogen-bond acceptors (Lipinski definition) is 8. The van der Waals surface area contributed by atoms with Crippen molar-refractivity contribution in [2.24, 2.45) is 0 Å². The van der Waals surface area contributed by atoms with Gasteiger partial charge in [0.25, 0.3) is 0 Å². The van der Waals surface area contributed by atoms with Gasteiger partial charge in [-0.3, -0.25) is 0 Å². The molecule has 0 aliphatic carbocycles. The smallest absolute Gasteiger partial charge is 0.237 e. The summed E-state index contributed by atoms with van der Waals surface area (Å²) in [6.07, 6.45) is 1.58. The minimum atomic E-state index is 0.561. The molecule has 0 spiro atoms. The number of thioether (sulfide) groups is 1. The third-order valence-electron chi connectivity index (χ3n) is 3.37. The second kappa shape index (κ2) is 6.58. The van der Waals surface area contributed by atoms with Crippen LogP contribution in [0.4, 0.5) is 0 Å². The van der Waals surface area contributed by atoms with Gasteiger partial charge in [0.2, 0.25) is 11.7 Å². The fourth-order valence-corrected chi connectivity index (χ4v) is 3.80. The fraction of sp³-hybridized carbons (Fsp3) is 0.125. The fourth-order valence-electron chi connectivity index (χ4n) is 2.18. The quantitative estimate of drug-likeness (QED) is 0.394. The molecule has 8 heteroatoms. The summed E-state index contributed by atoms with van der Waals surface area (Å²) < 4.78 is 10.5. The molecule has 0 aliphatic heterocycles. The van der Waals surface area contributed by atoms with Gasteiger partial charge in [-0.15, -0.1) is 11.3 Å². The molecule has 120 valence electrons. The van der Waals surface area contributed by atoms with Crippen molar-refractivity contribution >= 4 is 33.3 Å². The Morgan fingerprint density at radius 3 is 2.88 bits per heavy atom. The Morgan fingerprint density at radius 2 is 2.04 bits per heavy atom. The molecule has 6 nitrogen and oxygen atoms in total. The molecule has 0 unspecified atom stereocenters. The standard InChI is InChI=1S/C16H12N4O2S2/c1-21-11-4-2-10(3-5-11)14-19-13(22-20-14)8-24-16-12-6-7-23-15(12)17-9-18-16/h2-7,9H,8H2,1H3. The Labute approximate surface area is 145 Å². The van der Waals surface area contributed by atoms with Crippen LogP contribution in [0.5, 0.6) is 5.75 Å². The maximum atomic E-state index is 5.34. The zero-order valence-corrected chi connectivity index (χ0v) is 14.3. The molecule has 0 amide bonds. The lowest BCUT2D eigenvalue weighted by Gasteiger charge is -1.99. The van der Waals surface area contributed by atoms with E-state index in [0.717, 1.165) is 26.6 Å². The van der Waals surface area contributed by atoms with E-state index in [1.54, 1.807) is 36.5 Å².